The molecule has 0 saturated heterocycles. The number of fused-ring (bicyclic) bond motifs is 1. The predicted molar refractivity (Wildman–Crippen MR) is 68.9 cm³/mol. The van der Waals surface area contributed by atoms with Crippen LogP contribution in [0.1, 0.15) is 11.1 Å². The third kappa shape index (κ3) is 1.64. The Morgan fingerprint density at radius 3 is 2.83 bits per heavy atom. The van der Waals surface area contributed by atoms with Gasteiger partial charge in [0, 0.05) is 0 Å². The Balaban J connectivity index is 2.23. The molecule has 0 N–H and O–H groups in total. The van der Waals surface area contributed by atoms with Gasteiger partial charge in [-0.3, -0.25) is 0 Å². The van der Waals surface area contributed by atoms with Crippen molar-refractivity contribution >= 4 is 11.1 Å². The van der Waals surface area contributed by atoms with E-state index >= 15 is 0 Å². The molecule has 3 heteroatoms. The molecule has 86 valence electrons. The van der Waals surface area contributed by atoms with Crippen molar-refractivity contribution < 1.29 is 4.42 Å². The Hall–Kier alpha value is -2.60. The van der Waals surface area contributed by atoms with Crippen molar-refractivity contribution in [2.24, 2.45) is 0 Å². The first kappa shape index (κ1) is 10.5. The maximum atomic E-state index is 9.08. The van der Waals surface area contributed by atoms with Gasteiger partial charge in [-0.05, 0) is 36.8 Å². The fourth-order valence-corrected chi connectivity index (χ4v) is 1.92. The zero-order valence-corrected chi connectivity index (χ0v) is 9.84. The van der Waals surface area contributed by atoms with Gasteiger partial charge >= 0.3 is 0 Å². The topological polar surface area (TPSA) is 49.8 Å². The Bertz CT molecular complexity index is 766. The highest BCUT2D eigenvalue weighted by Crippen LogP contribution is 2.26. The van der Waals surface area contributed by atoms with E-state index < -0.39 is 0 Å². The molecule has 18 heavy (non-hydrogen) atoms. The molecule has 0 saturated carbocycles. The zero-order chi connectivity index (χ0) is 12.5. The largest absolute Gasteiger partial charge is 0.436 e. The number of nitrogens with zero attached hydrogens (tertiary/aromatic N) is 2. The number of hydrogen-bond donors (Lipinski definition) is 0. The molecule has 3 aromatic rings. The van der Waals surface area contributed by atoms with E-state index in [1.54, 1.807) is 6.07 Å². The summed E-state index contributed by atoms with van der Waals surface area (Å²) in [6, 6.07) is 15.3. The number of benzene rings is 2. The predicted octanol–water partition coefficient (Wildman–Crippen LogP) is 3.67. The SMILES string of the molecule is Cc1ccc2oc(-c3ccccc3C#N)nc2c1. The molecule has 0 atom stereocenters. The normalized spacial score (nSPS) is 10.4. The summed E-state index contributed by atoms with van der Waals surface area (Å²) in [5.41, 5.74) is 3.99. The molecule has 0 aliphatic rings. The maximum Gasteiger partial charge on any atom is 0.228 e. The van der Waals surface area contributed by atoms with E-state index in [4.69, 9.17) is 9.68 Å². The van der Waals surface area contributed by atoms with E-state index in [1.807, 2.05) is 43.3 Å². The molecule has 0 bridgehead atoms. The van der Waals surface area contributed by atoms with Crippen molar-refractivity contribution in [2.75, 3.05) is 0 Å². The van der Waals surface area contributed by atoms with E-state index in [2.05, 4.69) is 11.1 Å². The first-order valence-electron chi connectivity index (χ1n) is 5.64. The molecule has 3 nitrogen and oxygen atoms in total. The van der Waals surface area contributed by atoms with Gasteiger partial charge in [-0.2, -0.15) is 5.26 Å². The van der Waals surface area contributed by atoms with E-state index in [-0.39, 0.29) is 0 Å². The summed E-state index contributed by atoms with van der Waals surface area (Å²) in [4.78, 5) is 4.43. The van der Waals surface area contributed by atoms with Crippen molar-refractivity contribution in [3.63, 3.8) is 0 Å². The van der Waals surface area contributed by atoms with E-state index in [1.165, 1.54) is 0 Å². The van der Waals surface area contributed by atoms with Gasteiger partial charge in [-0.25, -0.2) is 4.98 Å². The van der Waals surface area contributed by atoms with Crippen LogP contribution < -0.4 is 0 Å². The molecule has 0 unspecified atom stereocenters. The Labute approximate surface area is 104 Å². The van der Waals surface area contributed by atoms with Crippen molar-refractivity contribution in [3.8, 4) is 17.5 Å². The molecule has 0 aliphatic heterocycles. The van der Waals surface area contributed by atoms with Crippen LogP contribution in [0.3, 0.4) is 0 Å². The molecule has 1 heterocycles. The van der Waals surface area contributed by atoms with E-state index in [0.717, 1.165) is 22.2 Å². The third-order valence-electron chi connectivity index (χ3n) is 2.82. The second-order valence-electron chi connectivity index (χ2n) is 4.15. The van der Waals surface area contributed by atoms with Crippen molar-refractivity contribution in [2.45, 2.75) is 6.92 Å². The highest BCUT2D eigenvalue weighted by atomic mass is 16.3. The molecule has 1 aromatic heterocycles. The molecular formula is C15H10N2O. The molecular weight excluding hydrogens is 224 g/mol. The molecule has 0 radical (unpaired) electrons. The Morgan fingerprint density at radius 1 is 1.17 bits per heavy atom. The molecule has 0 aliphatic carbocycles. The van der Waals surface area contributed by atoms with Crippen LogP contribution in [0.4, 0.5) is 0 Å². The first-order valence-corrected chi connectivity index (χ1v) is 5.64. The smallest absolute Gasteiger partial charge is 0.228 e. The van der Waals surface area contributed by atoms with Gasteiger partial charge in [-0.1, -0.05) is 18.2 Å². The summed E-state index contributed by atoms with van der Waals surface area (Å²) >= 11 is 0. The Kier molecular flexibility index (Phi) is 2.35. The third-order valence-corrected chi connectivity index (χ3v) is 2.82. The van der Waals surface area contributed by atoms with Crippen LogP contribution in [0, 0.1) is 18.3 Å². The lowest BCUT2D eigenvalue weighted by atomic mass is 10.1. The monoisotopic (exact) mass is 234 g/mol. The van der Waals surface area contributed by atoms with Crippen LogP contribution in [-0.4, -0.2) is 4.98 Å². The number of aryl methyl sites for hydroxylation is 1. The highest BCUT2D eigenvalue weighted by Gasteiger charge is 2.11. The summed E-state index contributed by atoms with van der Waals surface area (Å²) in [5, 5.41) is 9.08. The molecule has 3 rings (SSSR count). The number of nitriles is 1. The van der Waals surface area contributed by atoms with Gasteiger partial charge in [0.05, 0.1) is 17.2 Å². The molecule has 0 spiro atoms. The number of hydrogen-bond acceptors (Lipinski definition) is 3. The van der Waals surface area contributed by atoms with Crippen LogP contribution in [-0.2, 0) is 0 Å². The van der Waals surface area contributed by atoms with Gasteiger partial charge in [0.2, 0.25) is 5.89 Å². The summed E-state index contributed by atoms with van der Waals surface area (Å²) in [6.45, 7) is 2.01. The molecule has 0 fully saturated rings. The number of aromatic nitrogens is 1. The lowest BCUT2D eigenvalue weighted by Crippen LogP contribution is -1.82. The van der Waals surface area contributed by atoms with Gasteiger partial charge in [0.15, 0.2) is 5.58 Å². The minimum absolute atomic E-state index is 0.493. The summed E-state index contributed by atoms with van der Waals surface area (Å²) in [7, 11) is 0. The summed E-state index contributed by atoms with van der Waals surface area (Å²) < 4.78 is 5.69. The van der Waals surface area contributed by atoms with Crippen LogP contribution in [0.15, 0.2) is 46.9 Å². The first-order chi connectivity index (χ1) is 8.78. The fourth-order valence-electron chi connectivity index (χ4n) is 1.92. The second kappa shape index (κ2) is 4.01. The molecule has 0 amide bonds. The minimum Gasteiger partial charge on any atom is -0.436 e. The zero-order valence-electron chi connectivity index (χ0n) is 9.84. The minimum atomic E-state index is 0.493. The second-order valence-corrected chi connectivity index (χ2v) is 4.15. The average Bonchev–Trinajstić information content (AvgIpc) is 2.81. The van der Waals surface area contributed by atoms with Crippen LogP contribution in [0.2, 0.25) is 0 Å². The lowest BCUT2D eigenvalue weighted by Gasteiger charge is -1.96. The standard InChI is InChI=1S/C15H10N2O/c1-10-6-7-14-13(8-10)17-15(18-14)12-5-3-2-4-11(12)9-16/h2-8H,1H3. The van der Waals surface area contributed by atoms with E-state index in [9.17, 15) is 0 Å². The van der Waals surface area contributed by atoms with Gasteiger partial charge in [-0.15, -0.1) is 0 Å². The summed E-state index contributed by atoms with van der Waals surface area (Å²) in [5.74, 6) is 0.493. The number of oxazole rings is 1. The van der Waals surface area contributed by atoms with Gasteiger partial charge in [0.1, 0.15) is 5.52 Å². The van der Waals surface area contributed by atoms with Crippen molar-refractivity contribution in [1.29, 1.82) is 5.26 Å². The average molecular weight is 234 g/mol. The van der Waals surface area contributed by atoms with Gasteiger partial charge in [0.25, 0.3) is 0 Å². The van der Waals surface area contributed by atoms with Crippen molar-refractivity contribution in [1.82, 2.24) is 4.98 Å². The highest BCUT2D eigenvalue weighted by molar-refractivity contribution is 5.78. The quantitative estimate of drug-likeness (QED) is 0.645. The molecule has 2 aromatic carbocycles. The summed E-state index contributed by atoms with van der Waals surface area (Å²) in [6.07, 6.45) is 0. The van der Waals surface area contributed by atoms with Gasteiger partial charge < -0.3 is 4.42 Å². The van der Waals surface area contributed by atoms with Crippen LogP contribution in [0.5, 0.6) is 0 Å². The van der Waals surface area contributed by atoms with Crippen LogP contribution >= 0.6 is 0 Å². The van der Waals surface area contributed by atoms with Crippen LogP contribution in [0.25, 0.3) is 22.6 Å². The maximum absolute atomic E-state index is 9.08. The fraction of sp³-hybridized carbons (Fsp3) is 0.0667. The lowest BCUT2D eigenvalue weighted by molar-refractivity contribution is 0.619. The number of rotatable bonds is 1. The van der Waals surface area contributed by atoms with Crippen molar-refractivity contribution in [3.05, 3.63) is 53.6 Å². The van der Waals surface area contributed by atoms with E-state index in [0.29, 0.717) is 11.5 Å². The Morgan fingerprint density at radius 2 is 2.00 bits per heavy atom.